The molecule has 1 aliphatic heterocycles. The van der Waals surface area contributed by atoms with E-state index in [1.807, 2.05) is 0 Å². The maximum atomic E-state index is 9.12. The van der Waals surface area contributed by atoms with Crippen molar-refractivity contribution in [3.05, 3.63) is 0 Å². The van der Waals surface area contributed by atoms with Crippen LogP contribution in [-0.2, 0) is 0 Å². The van der Waals surface area contributed by atoms with E-state index in [4.69, 9.17) is 5.11 Å². The zero-order chi connectivity index (χ0) is 10.4. The van der Waals surface area contributed by atoms with Crippen molar-refractivity contribution >= 4 is 0 Å². The molecule has 84 valence electrons. The van der Waals surface area contributed by atoms with Gasteiger partial charge in [-0.05, 0) is 38.4 Å². The SMILES string of the molecule is CC(C)CCN1CCCNC(CO)C1. The van der Waals surface area contributed by atoms with Crippen LogP contribution in [-0.4, -0.2) is 48.8 Å². The fourth-order valence-electron chi connectivity index (χ4n) is 1.84. The molecular weight excluding hydrogens is 176 g/mol. The summed E-state index contributed by atoms with van der Waals surface area (Å²) in [5.41, 5.74) is 0. The molecule has 0 aromatic rings. The maximum Gasteiger partial charge on any atom is 0.0597 e. The van der Waals surface area contributed by atoms with Gasteiger partial charge in [-0.15, -0.1) is 0 Å². The molecule has 0 aromatic carbocycles. The summed E-state index contributed by atoms with van der Waals surface area (Å²) < 4.78 is 0. The normalized spacial score (nSPS) is 25.3. The Hall–Kier alpha value is -0.120. The largest absolute Gasteiger partial charge is 0.395 e. The molecule has 2 N–H and O–H groups in total. The van der Waals surface area contributed by atoms with E-state index in [2.05, 4.69) is 24.1 Å². The minimum atomic E-state index is 0.262. The van der Waals surface area contributed by atoms with Crippen LogP contribution >= 0.6 is 0 Å². The van der Waals surface area contributed by atoms with Gasteiger partial charge in [-0.25, -0.2) is 0 Å². The number of aliphatic hydroxyl groups excluding tert-OH is 1. The maximum absolute atomic E-state index is 9.12. The molecule has 1 fully saturated rings. The fourth-order valence-corrected chi connectivity index (χ4v) is 1.84. The second kappa shape index (κ2) is 6.38. The number of aliphatic hydroxyl groups is 1. The monoisotopic (exact) mass is 200 g/mol. The van der Waals surface area contributed by atoms with E-state index in [1.165, 1.54) is 25.9 Å². The van der Waals surface area contributed by atoms with Gasteiger partial charge in [-0.3, -0.25) is 0 Å². The Morgan fingerprint density at radius 2 is 2.29 bits per heavy atom. The smallest absolute Gasteiger partial charge is 0.0597 e. The number of hydrogen-bond donors (Lipinski definition) is 2. The molecule has 1 heterocycles. The first-order valence-electron chi connectivity index (χ1n) is 5.79. The Morgan fingerprint density at radius 1 is 1.50 bits per heavy atom. The zero-order valence-electron chi connectivity index (χ0n) is 9.50. The van der Waals surface area contributed by atoms with Crippen molar-refractivity contribution in [3.8, 4) is 0 Å². The van der Waals surface area contributed by atoms with Gasteiger partial charge in [0.05, 0.1) is 6.61 Å². The topological polar surface area (TPSA) is 35.5 Å². The second-order valence-electron chi connectivity index (χ2n) is 4.67. The van der Waals surface area contributed by atoms with Gasteiger partial charge in [-0.1, -0.05) is 13.8 Å². The van der Waals surface area contributed by atoms with Crippen molar-refractivity contribution in [3.63, 3.8) is 0 Å². The Kier molecular flexibility index (Phi) is 5.45. The zero-order valence-corrected chi connectivity index (χ0v) is 9.50. The molecule has 1 rings (SSSR count). The average Bonchev–Trinajstić information content (AvgIpc) is 2.39. The van der Waals surface area contributed by atoms with Gasteiger partial charge < -0.3 is 15.3 Å². The molecule has 1 aliphatic rings. The van der Waals surface area contributed by atoms with Gasteiger partial charge in [0.25, 0.3) is 0 Å². The van der Waals surface area contributed by atoms with Crippen LogP contribution in [0.1, 0.15) is 26.7 Å². The number of rotatable bonds is 4. The van der Waals surface area contributed by atoms with Gasteiger partial charge in [0.1, 0.15) is 0 Å². The number of nitrogens with one attached hydrogen (secondary N) is 1. The number of hydrogen-bond acceptors (Lipinski definition) is 3. The first kappa shape index (κ1) is 12.0. The molecule has 3 nitrogen and oxygen atoms in total. The highest BCUT2D eigenvalue weighted by Crippen LogP contribution is 2.05. The lowest BCUT2D eigenvalue weighted by molar-refractivity contribution is 0.195. The second-order valence-corrected chi connectivity index (χ2v) is 4.67. The highest BCUT2D eigenvalue weighted by Gasteiger charge is 2.16. The minimum absolute atomic E-state index is 0.262. The third kappa shape index (κ3) is 4.40. The van der Waals surface area contributed by atoms with Crippen LogP contribution in [0.3, 0.4) is 0 Å². The third-order valence-corrected chi connectivity index (χ3v) is 2.81. The van der Waals surface area contributed by atoms with Crippen molar-refractivity contribution in [2.75, 3.05) is 32.8 Å². The standard InChI is InChI=1S/C11H24N2O/c1-10(2)4-7-13-6-3-5-12-11(8-13)9-14/h10-12,14H,3-9H2,1-2H3. The van der Waals surface area contributed by atoms with Crippen LogP contribution in [0.25, 0.3) is 0 Å². The van der Waals surface area contributed by atoms with Crippen molar-refractivity contribution in [2.45, 2.75) is 32.7 Å². The number of nitrogens with zero attached hydrogens (tertiary/aromatic N) is 1. The summed E-state index contributed by atoms with van der Waals surface area (Å²) in [6.45, 7) is 9.19. The van der Waals surface area contributed by atoms with Crippen LogP contribution in [0.15, 0.2) is 0 Å². The molecule has 0 aliphatic carbocycles. The van der Waals surface area contributed by atoms with Gasteiger partial charge >= 0.3 is 0 Å². The molecule has 3 heteroatoms. The first-order chi connectivity index (χ1) is 6.72. The molecule has 14 heavy (non-hydrogen) atoms. The molecule has 0 bridgehead atoms. The molecule has 1 atom stereocenters. The quantitative estimate of drug-likeness (QED) is 0.701. The highest BCUT2D eigenvalue weighted by atomic mass is 16.3. The molecule has 1 unspecified atom stereocenters. The van der Waals surface area contributed by atoms with E-state index < -0.39 is 0 Å². The molecule has 1 saturated heterocycles. The highest BCUT2D eigenvalue weighted by molar-refractivity contribution is 4.75. The van der Waals surface area contributed by atoms with E-state index >= 15 is 0 Å². The van der Waals surface area contributed by atoms with Gasteiger partial charge in [0.2, 0.25) is 0 Å². The third-order valence-electron chi connectivity index (χ3n) is 2.81. The summed E-state index contributed by atoms with van der Waals surface area (Å²) in [4.78, 5) is 2.47. The van der Waals surface area contributed by atoms with E-state index in [1.54, 1.807) is 0 Å². The van der Waals surface area contributed by atoms with Crippen molar-refractivity contribution in [2.24, 2.45) is 5.92 Å². The summed E-state index contributed by atoms with van der Waals surface area (Å²) in [7, 11) is 0. The van der Waals surface area contributed by atoms with E-state index in [0.29, 0.717) is 0 Å². The lowest BCUT2D eigenvalue weighted by atomic mass is 10.1. The first-order valence-corrected chi connectivity index (χ1v) is 5.79. The summed E-state index contributed by atoms with van der Waals surface area (Å²) in [5, 5.41) is 12.5. The molecule has 0 radical (unpaired) electrons. The summed E-state index contributed by atoms with van der Waals surface area (Å²) in [6.07, 6.45) is 2.47. The van der Waals surface area contributed by atoms with Crippen LogP contribution in [0, 0.1) is 5.92 Å². The molecule has 0 saturated carbocycles. The lowest BCUT2D eigenvalue weighted by Gasteiger charge is -2.23. The predicted octanol–water partition coefficient (Wildman–Crippen LogP) is 0.689. The fraction of sp³-hybridized carbons (Fsp3) is 1.00. The van der Waals surface area contributed by atoms with E-state index in [-0.39, 0.29) is 12.6 Å². The predicted molar refractivity (Wildman–Crippen MR) is 59.4 cm³/mol. The minimum Gasteiger partial charge on any atom is -0.395 e. The van der Waals surface area contributed by atoms with E-state index in [0.717, 1.165) is 19.0 Å². The van der Waals surface area contributed by atoms with Crippen LogP contribution in [0.4, 0.5) is 0 Å². The van der Waals surface area contributed by atoms with E-state index in [9.17, 15) is 0 Å². The Balaban J connectivity index is 2.27. The molecule has 0 spiro atoms. The van der Waals surface area contributed by atoms with Crippen LogP contribution in [0.2, 0.25) is 0 Å². The van der Waals surface area contributed by atoms with Gasteiger partial charge in [0.15, 0.2) is 0 Å². The Bertz CT molecular complexity index is 150. The Morgan fingerprint density at radius 3 is 2.93 bits per heavy atom. The average molecular weight is 200 g/mol. The van der Waals surface area contributed by atoms with Crippen molar-refractivity contribution in [1.29, 1.82) is 0 Å². The van der Waals surface area contributed by atoms with Gasteiger partial charge in [-0.2, -0.15) is 0 Å². The molecule has 0 amide bonds. The molecule has 0 aromatic heterocycles. The summed E-state index contributed by atoms with van der Waals surface area (Å²) >= 11 is 0. The molecular formula is C11H24N2O. The van der Waals surface area contributed by atoms with Gasteiger partial charge in [0, 0.05) is 12.6 Å². The van der Waals surface area contributed by atoms with Crippen molar-refractivity contribution < 1.29 is 5.11 Å². The Labute approximate surface area is 87.5 Å². The summed E-state index contributed by atoms with van der Waals surface area (Å²) in [6, 6.07) is 0.282. The summed E-state index contributed by atoms with van der Waals surface area (Å²) in [5.74, 6) is 0.777. The lowest BCUT2D eigenvalue weighted by Crippen LogP contribution is -2.40. The van der Waals surface area contributed by atoms with Crippen molar-refractivity contribution in [1.82, 2.24) is 10.2 Å². The van der Waals surface area contributed by atoms with Crippen LogP contribution < -0.4 is 5.32 Å². The van der Waals surface area contributed by atoms with Crippen LogP contribution in [0.5, 0.6) is 0 Å².